The Morgan fingerprint density at radius 1 is 1.40 bits per heavy atom. The predicted molar refractivity (Wildman–Crippen MR) is 83.3 cm³/mol. The predicted octanol–water partition coefficient (Wildman–Crippen LogP) is 2.09. The molecule has 20 heavy (non-hydrogen) atoms. The van der Waals surface area contributed by atoms with Gasteiger partial charge in [0.15, 0.2) is 0 Å². The smallest absolute Gasteiger partial charge is 0.147 e. The van der Waals surface area contributed by atoms with Crippen LogP contribution in [0.3, 0.4) is 0 Å². The highest BCUT2D eigenvalue weighted by molar-refractivity contribution is 7.90. The van der Waals surface area contributed by atoms with Gasteiger partial charge >= 0.3 is 0 Å². The van der Waals surface area contributed by atoms with E-state index in [1.807, 2.05) is 24.3 Å². The molecular weight excluding hydrogens is 298 g/mol. The third kappa shape index (κ3) is 7.24. The third-order valence-electron chi connectivity index (χ3n) is 3.03. The number of rotatable bonds is 9. The first-order valence-corrected chi connectivity index (χ1v) is 8.99. The molecule has 1 aromatic carbocycles. The first-order valence-electron chi connectivity index (χ1n) is 6.55. The molecule has 0 saturated heterocycles. The zero-order valence-corrected chi connectivity index (χ0v) is 13.5. The van der Waals surface area contributed by atoms with Crippen molar-refractivity contribution in [3.8, 4) is 0 Å². The van der Waals surface area contributed by atoms with E-state index in [2.05, 4.69) is 5.32 Å². The molecule has 1 atom stereocenters. The van der Waals surface area contributed by atoms with Crippen molar-refractivity contribution < 1.29 is 13.2 Å². The quantitative estimate of drug-likeness (QED) is 0.708. The number of hydrogen-bond acceptors (Lipinski definition) is 4. The normalized spacial score (nSPS) is 13.3. The molecule has 6 heteroatoms. The van der Waals surface area contributed by atoms with Gasteiger partial charge in [-0.1, -0.05) is 23.7 Å². The van der Waals surface area contributed by atoms with Gasteiger partial charge < -0.3 is 10.1 Å². The molecule has 0 spiro atoms. The van der Waals surface area contributed by atoms with Crippen LogP contribution in [-0.4, -0.2) is 47.2 Å². The molecule has 0 amide bonds. The summed E-state index contributed by atoms with van der Waals surface area (Å²) in [5, 5.41) is 3.95. The third-order valence-corrected chi connectivity index (χ3v) is 4.24. The average Bonchev–Trinajstić information content (AvgIpc) is 2.36. The zero-order chi connectivity index (χ0) is 15.0. The molecule has 1 rings (SSSR count). The Hall–Kier alpha value is -0.620. The van der Waals surface area contributed by atoms with E-state index < -0.39 is 9.84 Å². The number of ether oxygens (including phenoxy) is 1. The zero-order valence-electron chi connectivity index (χ0n) is 11.9. The second-order valence-electron chi connectivity index (χ2n) is 4.87. The van der Waals surface area contributed by atoms with E-state index in [9.17, 15) is 8.42 Å². The van der Waals surface area contributed by atoms with Crippen molar-refractivity contribution in [1.82, 2.24) is 5.32 Å². The molecule has 0 radical (unpaired) electrons. The fourth-order valence-corrected chi connectivity index (χ4v) is 2.87. The van der Waals surface area contributed by atoms with Gasteiger partial charge in [-0.2, -0.15) is 0 Å². The highest BCUT2D eigenvalue weighted by atomic mass is 35.5. The van der Waals surface area contributed by atoms with Crippen LogP contribution in [0.1, 0.15) is 17.9 Å². The Labute approximate surface area is 126 Å². The fraction of sp³-hybridized carbons (Fsp3) is 0.571. The lowest BCUT2D eigenvalue weighted by atomic mass is 9.96. The molecule has 1 aromatic rings. The largest absolute Gasteiger partial charge is 0.383 e. The molecule has 1 N–H and O–H groups in total. The topological polar surface area (TPSA) is 55.4 Å². The maximum Gasteiger partial charge on any atom is 0.147 e. The Bertz CT molecular complexity index is 505. The van der Waals surface area contributed by atoms with E-state index in [0.29, 0.717) is 24.6 Å². The van der Waals surface area contributed by atoms with Crippen molar-refractivity contribution in [2.75, 3.05) is 38.8 Å². The van der Waals surface area contributed by atoms with Gasteiger partial charge in [0, 0.05) is 31.5 Å². The Balaban J connectivity index is 2.68. The molecule has 0 aromatic heterocycles. The maximum absolute atomic E-state index is 11.3. The minimum Gasteiger partial charge on any atom is -0.383 e. The minimum atomic E-state index is -2.96. The Morgan fingerprint density at radius 3 is 2.75 bits per heavy atom. The highest BCUT2D eigenvalue weighted by Gasteiger charge is 2.14. The van der Waals surface area contributed by atoms with Crippen LogP contribution in [0.2, 0.25) is 5.02 Å². The molecule has 4 nitrogen and oxygen atoms in total. The second kappa shape index (κ2) is 8.62. The molecular formula is C14H22ClNO3S. The van der Waals surface area contributed by atoms with E-state index in [0.717, 1.165) is 12.1 Å². The van der Waals surface area contributed by atoms with Gasteiger partial charge in [0.25, 0.3) is 0 Å². The number of sulfone groups is 1. The van der Waals surface area contributed by atoms with Crippen LogP contribution in [0, 0.1) is 0 Å². The monoisotopic (exact) mass is 319 g/mol. The molecule has 0 aliphatic heterocycles. The van der Waals surface area contributed by atoms with Crippen LogP contribution in [-0.2, 0) is 14.6 Å². The summed E-state index contributed by atoms with van der Waals surface area (Å²) in [5.74, 6) is 0.302. The van der Waals surface area contributed by atoms with Crippen LogP contribution in [0.5, 0.6) is 0 Å². The van der Waals surface area contributed by atoms with Gasteiger partial charge in [-0.3, -0.25) is 0 Å². The van der Waals surface area contributed by atoms with E-state index >= 15 is 0 Å². The average molecular weight is 320 g/mol. The maximum atomic E-state index is 11.3. The van der Waals surface area contributed by atoms with E-state index in [1.54, 1.807) is 7.11 Å². The Morgan fingerprint density at radius 2 is 2.15 bits per heavy atom. The molecule has 0 heterocycles. The summed E-state index contributed by atoms with van der Waals surface area (Å²) in [6.45, 7) is 2.08. The lowest BCUT2D eigenvalue weighted by Gasteiger charge is -2.18. The van der Waals surface area contributed by atoms with Gasteiger partial charge in [-0.15, -0.1) is 0 Å². The van der Waals surface area contributed by atoms with Crippen molar-refractivity contribution in [3.05, 3.63) is 34.9 Å². The van der Waals surface area contributed by atoms with E-state index in [-0.39, 0.29) is 11.7 Å². The molecule has 114 valence electrons. The van der Waals surface area contributed by atoms with Gasteiger partial charge in [0.1, 0.15) is 9.84 Å². The summed E-state index contributed by atoms with van der Waals surface area (Å²) in [6, 6.07) is 7.58. The van der Waals surface area contributed by atoms with Crippen LogP contribution in [0.25, 0.3) is 0 Å². The minimum absolute atomic E-state index is 0.125. The number of halogens is 1. The van der Waals surface area contributed by atoms with Gasteiger partial charge in [0.2, 0.25) is 0 Å². The van der Waals surface area contributed by atoms with Crippen molar-refractivity contribution in [2.24, 2.45) is 0 Å². The van der Waals surface area contributed by atoms with Crippen LogP contribution in [0.4, 0.5) is 0 Å². The van der Waals surface area contributed by atoms with E-state index in [4.69, 9.17) is 16.3 Å². The molecule has 0 aliphatic carbocycles. The Kier molecular flexibility index (Phi) is 7.51. The summed E-state index contributed by atoms with van der Waals surface area (Å²) >= 11 is 6.00. The standard InChI is InChI=1S/C14H22ClNO3S/c1-19-8-7-16-11-13(6-9-20(2,17)18)12-4-3-5-14(15)10-12/h3-5,10,13,16H,6-9,11H2,1-2H3. The van der Waals surface area contributed by atoms with Crippen LogP contribution < -0.4 is 5.32 Å². The molecule has 1 unspecified atom stereocenters. The number of hydrogen-bond donors (Lipinski definition) is 1. The van der Waals surface area contributed by atoms with Crippen LogP contribution in [0.15, 0.2) is 24.3 Å². The van der Waals surface area contributed by atoms with Crippen molar-refractivity contribution >= 4 is 21.4 Å². The molecule has 0 bridgehead atoms. The van der Waals surface area contributed by atoms with Crippen LogP contribution >= 0.6 is 11.6 Å². The SMILES string of the molecule is COCCNCC(CCS(C)(=O)=O)c1cccc(Cl)c1. The van der Waals surface area contributed by atoms with Gasteiger partial charge in [-0.05, 0) is 30.0 Å². The number of benzene rings is 1. The highest BCUT2D eigenvalue weighted by Crippen LogP contribution is 2.22. The number of methoxy groups -OCH3 is 1. The summed E-state index contributed by atoms with van der Waals surface area (Å²) in [7, 11) is -1.31. The summed E-state index contributed by atoms with van der Waals surface area (Å²) in [4.78, 5) is 0. The molecule has 0 aliphatic rings. The van der Waals surface area contributed by atoms with Gasteiger partial charge in [0.05, 0.1) is 12.4 Å². The summed E-state index contributed by atoms with van der Waals surface area (Å²) in [5.41, 5.74) is 1.06. The van der Waals surface area contributed by atoms with E-state index in [1.165, 1.54) is 6.26 Å². The summed E-state index contributed by atoms with van der Waals surface area (Å²) in [6.07, 6.45) is 1.85. The second-order valence-corrected chi connectivity index (χ2v) is 7.56. The first-order chi connectivity index (χ1) is 9.42. The molecule has 0 fully saturated rings. The van der Waals surface area contributed by atoms with Gasteiger partial charge in [-0.25, -0.2) is 8.42 Å². The van der Waals surface area contributed by atoms with Crippen molar-refractivity contribution in [2.45, 2.75) is 12.3 Å². The first kappa shape index (κ1) is 17.4. The summed E-state index contributed by atoms with van der Waals surface area (Å²) < 4.78 is 27.7. The number of nitrogens with one attached hydrogen (secondary N) is 1. The molecule has 0 saturated carbocycles. The van der Waals surface area contributed by atoms with Crippen molar-refractivity contribution in [3.63, 3.8) is 0 Å². The lowest BCUT2D eigenvalue weighted by Crippen LogP contribution is -2.26. The van der Waals surface area contributed by atoms with Crippen molar-refractivity contribution in [1.29, 1.82) is 0 Å². The lowest BCUT2D eigenvalue weighted by molar-refractivity contribution is 0.199. The fourth-order valence-electron chi connectivity index (χ4n) is 1.95.